The van der Waals surface area contributed by atoms with Gasteiger partial charge in [0.25, 0.3) is 0 Å². The van der Waals surface area contributed by atoms with E-state index in [9.17, 15) is 0 Å². The third-order valence-electron chi connectivity index (χ3n) is 1.71. The molecule has 5 atom stereocenters. The summed E-state index contributed by atoms with van der Waals surface area (Å²) in [6.07, 6.45) is -8.09. The summed E-state index contributed by atoms with van der Waals surface area (Å²) in [7, 11) is 0. The average Bonchev–Trinajstić information content (AvgIpc) is 1.97. The van der Waals surface area contributed by atoms with Crippen molar-refractivity contribution in [3.63, 3.8) is 0 Å². The van der Waals surface area contributed by atoms with Crippen LogP contribution in [-0.4, -0.2) is 51.1 Å². The van der Waals surface area contributed by atoms with Crippen LogP contribution < -0.4 is 0 Å². The first-order valence-corrected chi connectivity index (χ1v) is 3.30. The van der Waals surface area contributed by atoms with Crippen LogP contribution >= 0.6 is 0 Å². The van der Waals surface area contributed by atoms with Crippen molar-refractivity contribution < 1.29 is 26.5 Å². The Kier molecular flexibility index (Phi) is 2.06. The summed E-state index contributed by atoms with van der Waals surface area (Å²) >= 11 is 0. The zero-order chi connectivity index (χ0) is 9.52. The molecule has 66 valence electrons. The third kappa shape index (κ3) is 1.52. The molecule has 1 unspecified atom stereocenters. The predicted octanol–water partition coefficient (Wildman–Crippen LogP) is -2.19. The second-order valence-corrected chi connectivity index (χ2v) is 2.59. The molecular formula is C6H12O5. The van der Waals surface area contributed by atoms with Crippen LogP contribution in [0.5, 0.6) is 0 Å². The van der Waals surface area contributed by atoms with Crippen molar-refractivity contribution in [1.82, 2.24) is 0 Å². The Morgan fingerprint density at radius 1 is 1.09 bits per heavy atom. The van der Waals surface area contributed by atoms with Crippen LogP contribution in [0.15, 0.2) is 0 Å². The van der Waals surface area contributed by atoms with Crippen molar-refractivity contribution in [3.8, 4) is 0 Å². The molecule has 5 heteroatoms. The van der Waals surface area contributed by atoms with Crippen LogP contribution in [0.25, 0.3) is 0 Å². The number of ether oxygens (including phenoxy) is 1. The lowest BCUT2D eigenvalue weighted by atomic mass is 10.0. The van der Waals surface area contributed by atoms with Crippen LogP contribution in [0.1, 0.15) is 8.29 Å². The van der Waals surface area contributed by atoms with E-state index in [4.69, 9.17) is 21.8 Å². The molecule has 0 radical (unpaired) electrons. The van der Waals surface area contributed by atoms with Crippen molar-refractivity contribution in [2.45, 2.75) is 37.6 Å². The summed E-state index contributed by atoms with van der Waals surface area (Å²) in [4.78, 5) is 0. The molecule has 1 heterocycles. The molecule has 0 bridgehead atoms. The van der Waals surface area contributed by atoms with E-state index in [0.717, 1.165) is 0 Å². The molecule has 4 N–H and O–H groups in total. The first-order valence-electron chi connectivity index (χ1n) is 3.80. The maximum Gasteiger partial charge on any atom is 0.183 e. The molecule has 5 nitrogen and oxygen atoms in total. The van der Waals surface area contributed by atoms with Gasteiger partial charge in [-0.1, -0.05) is 0 Å². The van der Waals surface area contributed by atoms with Gasteiger partial charge in [-0.05, 0) is 6.92 Å². The summed E-state index contributed by atoms with van der Waals surface area (Å²) < 4.78 is 11.5. The van der Waals surface area contributed by atoms with Crippen LogP contribution in [0.3, 0.4) is 0 Å². The SMILES string of the molecule is [2H]C1(O)O[C@@H](C)[C@H](O)[C@@H](O)[C@H]1O. The highest BCUT2D eigenvalue weighted by Gasteiger charge is 2.40. The van der Waals surface area contributed by atoms with E-state index < -0.39 is 30.7 Å². The summed E-state index contributed by atoms with van der Waals surface area (Å²) in [6.45, 7) is 1.39. The molecule has 0 amide bonds. The van der Waals surface area contributed by atoms with Gasteiger partial charge in [-0.25, -0.2) is 0 Å². The number of rotatable bonds is 0. The number of aliphatic hydroxyl groups is 4. The van der Waals surface area contributed by atoms with Gasteiger partial charge in [-0.3, -0.25) is 0 Å². The van der Waals surface area contributed by atoms with Gasteiger partial charge in [0.05, 0.1) is 7.47 Å². The highest BCUT2D eigenvalue weighted by Crippen LogP contribution is 2.18. The lowest BCUT2D eigenvalue weighted by Crippen LogP contribution is -2.56. The maximum absolute atomic E-state index is 9.12. The molecule has 0 aromatic rings. The highest BCUT2D eigenvalue weighted by atomic mass is 16.6. The van der Waals surface area contributed by atoms with Gasteiger partial charge in [-0.2, -0.15) is 0 Å². The second-order valence-electron chi connectivity index (χ2n) is 2.59. The Morgan fingerprint density at radius 3 is 2.18 bits per heavy atom. The van der Waals surface area contributed by atoms with Crippen molar-refractivity contribution in [3.05, 3.63) is 0 Å². The van der Waals surface area contributed by atoms with Gasteiger partial charge < -0.3 is 25.2 Å². The van der Waals surface area contributed by atoms with Gasteiger partial charge in [0.2, 0.25) is 0 Å². The van der Waals surface area contributed by atoms with Gasteiger partial charge in [0.1, 0.15) is 18.3 Å². The van der Waals surface area contributed by atoms with Crippen molar-refractivity contribution in [2.75, 3.05) is 0 Å². The summed E-state index contributed by atoms with van der Waals surface area (Å²) in [5, 5.41) is 36.3. The third-order valence-corrected chi connectivity index (χ3v) is 1.71. The Bertz CT molecular complexity index is 173. The molecule has 0 aromatic heterocycles. The standard InChI is InChI=1S/C6H12O5/c1-2-3(7)4(8)5(9)6(10)11-2/h2-10H,1H3/t2-,3-,4+,5+,6?/m0/s1/i6D. The highest BCUT2D eigenvalue weighted by molar-refractivity contribution is 4.86. The topological polar surface area (TPSA) is 90.2 Å². The van der Waals surface area contributed by atoms with Gasteiger partial charge >= 0.3 is 0 Å². The van der Waals surface area contributed by atoms with Crippen molar-refractivity contribution in [2.24, 2.45) is 0 Å². The molecule has 1 saturated heterocycles. The summed E-state index contributed by atoms with van der Waals surface area (Å²) in [5.74, 6) is 0. The molecule has 1 aliphatic heterocycles. The Labute approximate surface area is 65.3 Å². The zero-order valence-corrected chi connectivity index (χ0v) is 6.01. The Morgan fingerprint density at radius 2 is 1.64 bits per heavy atom. The van der Waals surface area contributed by atoms with Crippen LogP contribution in [0, 0.1) is 0 Å². The average molecular weight is 165 g/mol. The zero-order valence-electron chi connectivity index (χ0n) is 7.01. The molecule has 1 fully saturated rings. The van der Waals surface area contributed by atoms with E-state index in [2.05, 4.69) is 4.74 Å². The molecule has 0 aromatic carbocycles. The van der Waals surface area contributed by atoms with Gasteiger partial charge in [-0.15, -0.1) is 0 Å². The first kappa shape index (κ1) is 7.45. The number of hydrogen-bond donors (Lipinski definition) is 4. The lowest BCUT2D eigenvalue weighted by molar-refractivity contribution is -0.277. The molecule has 11 heavy (non-hydrogen) atoms. The normalized spacial score (nSPS) is 60.6. The Hall–Kier alpha value is -0.200. The van der Waals surface area contributed by atoms with Crippen LogP contribution in [0.2, 0.25) is 0 Å². The summed E-state index contributed by atoms with van der Waals surface area (Å²) in [5.41, 5.74) is 0. The molecular weight excluding hydrogens is 152 g/mol. The fourth-order valence-electron chi connectivity index (χ4n) is 0.940. The van der Waals surface area contributed by atoms with Gasteiger partial charge in [0.15, 0.2) is 6.27 Å². The first-order chi connectivity index (χ1) is 5.36. The molecule has 0 spiro atoms. The van der Waals surface area contributed by atoms with E-state index in [0.29, 0.717) is 0 Å². The minimum absolute atomic E-state index is 0.883. The largest absolute Gasteiger partial charge is 0.388 e. The fraction of sp³-hybridized carbons (Fsp3) is 1.00. The fourth-order valence-corrected chi connectivity index (χ4v) is 0.940. The maximum atomic E-state index is 9.12. The van der Waals surface area contributed by atoms with E-state index in [1.807, 2.05) is 0 Å². The quantitative estimate of drug-likeness (QED) is 0.327. The minimum Gasteiger partial charge on any atom is -0.388 e. The predicted molar refractivity (Wildman–Crippen MR) is 34.6 cm³/mol. The van der Waals surface area contributed by atoms with E-state index in [-0.39, 0.29) is 0 Å². The minimum atomic E-state index is -2.54. The van der Waals surface area contributed by atoms with Crippen LogP contribution in [0.4, 0.5) is 0 Å². The monoisotopic (exact) mass is 165 g/mol. The van der Waals surface area contributed by atoms with Crippen LogP contribution in [-0.2, 0) is 4.74 Å². The number of hydrogen-bond acceptors (Lipinski definition) is 5. The second kappa shape index (κ2) is 3.04. The van der Waals surface area contributed by atoms with Crippen molar-refractivity contribution in [1.29, 1.82) is 0 Å². The number of aliphatic hydroxyl groups excluding tert-OH is 3. The van der Waals surface area contributed by atoms with Crippen molar-refractivity contribution >= 4 is 0 Å². The molecule has 1 aliphatic rings. The molecule has 1 rings (SSSR count). The Balaban J connectivity index is 2.78. The summed E-state index contributed by atoms with van der Waals surface area (Å²) in [6, 6.07) is 0. The lowest BCUT2D eigenvalue weighted by Gasteiger charge is -2.36. The van der Waals surface area contributed by atoms with E-state index in [1.54, 1.807) is 0 Å². The smallest absolute Gasteiger partial charge is 0.183 e. The van der Waals surface area contributed by atoms with E-state index >= 15 is 0 Å². The molecule has 0 aliphatic carbocycles. The molecule has 0 saturated carbocycles. The van der Waals surface area contributed by atoms with Gasteiger partial charge in [0, 0.05) is 0 Å². The van der Waals surface area contributed by atoms with E-state index in [1.165, 1.54) is 6.92 Å².